The molecule has 1 saturated heterocycles. The molecule has 2 aliphatic heterocycles. The van der Waals surface area contributed by atoms with Gasteiger partial charge in [-0.1, -0.05) is 6.07 Å². The van der Waals surface area contributed by atoms with Gasteiger partial charge in [0.15, 0.2) is 0 Å². The normalized spacial score (nSPS) is 20.2. The minimum absolute atomic E-state index is 0.0319. The fourth-order valence-electron chi connectivity index (χ4n) is 3.81. The quantitative estimate of drug-likeness (QED) is 0.855. The van der Waals surface area contributed by atoms with Crippen molar-refractivity contribution >= 4 is 34.5 Å². The predicted molar refractivity (Wildman–Crippen MR) is 105 cm³/mol. The third-order valence-corrected chi connectivity index (χ3v) is 7.04. The SMILES string of the molecule is O=C(CN1CCc2sccc2C1c1cccs1)NCC(=O)N1CCCC1. The maximum absolute atomic E-state index is 12.5. The highest BCUT2D eigenvalue weighted by Gasteiger charge is 2.31. The summed E-state index contributed by atoms with van der Waals surface area (Å²) in [5.41, 5.74) is 1.32. The number of hydrogen-bond donors (Lipinski definition) is 1. The van der Waals surface area contributed by atoms with E-state index in [0.717, 1.165) is 38.9 Å². The van der Waals surface area contributed by atoms with Crippen molar-refractivity contribution in [1.29, 1.82) is 0 Å². The molecule has 2 aromatic heterocycles. The Labute approximate surface area is 161 Å². The molecule has 0 saturated carbocycles. The van der Waals surface area contributed by atoms with E-state index in [0.29, 0.717) is 6.54 Å². The van der Waals surface area contributed by atoms with Gasteiger partial charge in [0, 0.05) is 29.4 Å². The summed E-state index contributed by atoms with van der Waals surface area (Å²) in [5.74, 6) is -0.0396. The summed E-state index contributed by atoms with van der Waals surface area (Å²) in [7, 11) is 0. The van der Waals surface area contributed by atoms with Gasteiger partial charge in [-0.05, 0) is 47.7 Å². The predicted octanol–water partition coefficient (Wildman–Crippen LogP) is 2.50. The lowest BCUT2D eigenvalue weighted by Crippen LogP contribution is -2.45. The molecule has 7 heteroatoms. The summed E-state index contributed by atoms with van der Waals surface area (Å²) >= 11 is 3.54. The summed E-state index contributed by atoms with van der Waals surface area (Å²) in [4.78, 5) is 31.4. The Hall–Kier alpha value is -1.70. The Balaban J connectivity index is 1.40. The van der Waals surface area contributed by atoms with Gasteiger partial charge in [0.25, 0.3) is 0 Å². The van der Waals surface area contributed by atoms with Crippen LogP contribution in [0.1, 0.15) is 34.2 Å². The molecule has 0 aromatic carbocycles. The molecule has 138 valence electrons. The molecule has 0 aliphatic carbocycles. The van der Waals surface area contributed by atoms with E-state index in [2.05, 4.69) is 39.2 Å². The lowest BCUT2D eigenvalue weighted by Gasteiger charge is -2.34. The molecule has 0 spiro atoms. The van der Waals surface area contributed by atoms with Crippen molar-refractivity contribution < 1.29 is 9.59 Å². The van der Waals surface area contributed by atoms with Gasteiger partial charge in [0.05, 0.1) is 19.1 Å². The molecule has 4 rings (SSSR count). The first kappa shape index (κ1) is 17.7. The van der Waals surface area contributed by atoms with Gasteiger partial charge in [-0.3, -0.25) is 14.5 Å². The van der Waals surface area contributed by atoms with Crippen LogP contribution in [0.2, 0.25) is 0 Å². The van der Waals surface area contributed by atoms with Crippen molar-refractivity contribution in [3.63, 3.8) is 0 Å². The van der Waals surface area contributed by atoms with Crippen LogP contribution in [0.25, 0.3) is 0 Å². The van der Waals surface area contributed by atoms with Gasteiger partial charge in [-0.2, -0.15) is 0 Å². The highest BCUT2D eigenvalue weighted by molar-refractivity contribution is 7.10. The Kier molecular flexibility index (Phi) is 5.38. The summed E-state index contributed by atoms with van der Waals surface area (Å²) in [5, 5.41) is 7.05. The van der Waals surface area contributed by atoms with E-state index in [4.69, 9.17) is 0 Å². The Morgan fingerprint density at radius 1 is 1.12 bits per heavy atom. The second-order valence-corrected chi connectivity index (χ2v) is 8.78. The van der Waals surface area contributed by atoms with Gasteiger partial charge < -0.3 is 10.2 Å². The summed E-state index contributed by atoms with van der Waals surface area (Å²) in [6, 6.07) is 6.54. The number of fused-ring (bicyclic) bond motifs is 1. The third-order valence-electron chi connectivity index (χ3n) is 5.12. The zero-order chi connectivity index (χ0) is 17.9. The molecular formula is C19H23N3O2S2. The number of thiophene rings is 2. The van der Waals surface area contributed by atoms with Crippen LogP contribution in [0.4, 0.5) is 0 Å². The number of nitrogens with zero attached hydrogens (tertiary/aromatic N) is 2. The number of hydrogen-bond acceptors (Lipinski definition) is 5. The Morgan fingerprint density at radius 3 is 2.73 bits per heavy atom. The van der Waals surface area contributed by atoms with E-state index in [1.54, 1.807) is 22.7 Å². The second kappa shape index (κ2) is 7.90. The summed E-state index contributed by atoms with van der Waals surface area (Å²) < 4.78 is 0. The van der Waals surface area contributed by atoms with Crippen LogP contribution < -0.4 is 5.32 Å². The second-order valence-electron chi connectivity index (χ2n) is 6.80. The molecule has 2 aliphatic rings. The minimum atomic E-state index is -0.0715. The van der Waals surface area contributed by atoms with Crippen LogP contribution in [0, 0.1) is 0 Å². The first-order chi connectivity index (χ1) is 12.7. The van der Waals surface area contributed by atoms with Crippen LogP contribution in [0.3, 0.4) is 0 Å². The van der Waals surface area contributed by atoms with Gasteiger partial charge in [0.1, 0.15) is 0 Å². The highest BCUT2D eigenvalue weighted by Crippen LogP contribution is 2.39. The monoisotopic (exact) mass is 389 g/mol. The van der Waals surface area contributed by atoms with E-state index in [-0.39, 0.29) is 24.4 Å². The zero-order valence-electron chi connectivity index (χ0n) is 14.6. The van der Waals surface area contributed by atoms with Gasteiger partial charge in [0.2, 0.25) is 11.8 Å². The van der Waals surface area contributed by atoms with Crippen molar-refractivity contribution in [2.24, 2.45) is 0 Å². The first-order valence-electron chi connectivity index (χ1n) is 9.10. The zero-order valence-corrected chi connectivity index (χ0v) is 16.3. The molecule has 5 nitrogen and oxygen atoms in total. The van der Waals surface area contributed by atoms with Crippen molar-refractivity contribution in [3.8, 4) is 0 Å². The molecule has 0 radical (unpaired) electrons. The van der Waals surface area contributed by atoms with Crippen molar-refractivity contribution in [2.45, 2.75) is 25.3 Å². The van der Waals surface area contributed by atoms with Crippen molar-refractivity contribution in [2.75, 3.05) is 32.7 Å². The van der Waals surface area contributed by atoms with E-state index in [1.165, 1.54) is 15.3 Å². The van der Waals surface area contributed by atoms with Gasteiger partial charge in [-0.25, -0.2) is 0 Å². The fraction of sp³-hybridized carbons (Fsp3) is 0.474. The number of nitrogens with one attached hydrogen (secondary N) is 1. The van der Waals surface area contributed by atoms with E-state index < -0.39 is 0 Å². The Morgan fingerprint density at radius 2 is 1.96 bits per heavy atom. The maximum Gasteiger partial charge on any atom is 0.241 e. The molecule has 1 unspecified atom stereocenters. The molecule has 1 fully saturated rings. The molecular weight excluding hydrogens is 366 g/mol. The van der Waals surface area contributed by atoms with Crippen LogP contribution in [-0.2, 0) is 16.0 Å². The number of carbonyl (C=O) groups is 2. The first-order valence-corrected chi connectivity index (χ1v) is 10.9. The fourth-order valence-corrected chi connectivity index (χ4v) is 5.59. The van der Waals surface area contributed by atoms with Gasteiger partial charge in [-0.15, -0.1) is 22.7 Å². The third kappa shape index (κ3) is 3.70. The topological polar surface area (TPSA) is 52.7 Å². The largest absolute Gasteiger partial charge is 0.346 e. The number of amides is 2. The Bertz CT molecular complexity index is 766. The average Bonchev–Trinajstić information content (AvgIpc) is 3.41. The molecule has 2 aromatic rings. The minimum Gasteiger partial charge on any atom is -0.346 e. The molecule has 1 atom stereocenters. The smallest absolute Gasteiger partial charge is 0.241 e. The number of likely N-dealkylation sites (tertiary alicyclic amines) is 1. The highest BCUT2D eigenvalue weighted by atomic mass is 32.1. The lowest BCUT2D eigenvalue weighted by molar-refractivity contribution is -0.132. The number of carbonyl (C=O) groups excluding carboxylic acids is 2. The standard InChI is InChI=1S/C19H23N3O2S2/c23-17(20-12-18(24)21-7-1-2-8-21)13-22-9-5-15-14(6-11-26-15)19(22)16-4-3-10-25-16/h3-4,6,10-11,19H,1-2,5,7-9,12-13H2,(H,20,23). The number of rotatable bonds is 5. The molecule has 2 amide bonds. The van der Waals surface area contributed by atoms with E-state index >= 15 is 0 Å². The summed E-state index contributed by atoms with van der Waals surface area (Å²) in [6.07, 6.45) is 3.12. The van der Waals surface area contributed by atoms with E-state index in [9.17, 15) is 9.59 Å². The maximum atomic E-state index is 12.5. The van der Waals surface area contributed by atoms with Crippen LogP contribution in [-0.4, -0.2) is 54.3 Å². The van der Waals surface area contributed by atoms with Crippen molar-refractivity contribution in [1.82, 2.24) is 15.1 Å². The van der Waals surface area contributed by atoms with Crippen LogP contribution in [0.15, 0.2) is 29.0 Å². The summed E-state index contributed by atoms with van der Waals surface area (Å²) in [6.45, 7) is 2.94. The van der Waals surface area contributed by atoms with Crippen LogP contribution in [0.5, 0.6) is 0 Å². The molecule has 26 heavy (non-hydrogen) atoms. The average molecular weight is 390 g/mol. The van der Waals surface area contributed by atoms with Crippen molar-refractivity contribution in [3.05, 3.63) is 44.3 Å². The lowest BCUT2D eigenvalue weighted by atomic mass is 9.98. The molecule has 0 bridgehead atoms. The van der Waals surface area contributed by atoms with E-state index in [1.807, 2.05) is 4.90 Å². The van der Waals surface area contributed by atoms with Crippen LogP contribution >= 0.6 is 22.7 Å². The van der Waals surface area contributed by atoms with Gasteiger partial charge >= 0.3 is 0 Å². The molecule has 1 N–H and O–H groups in total. The molecule has 4 heterocycles.